The van der Waals surface area contributed by atoms with Crippen LogP contribution in [0.2, 0.25) is 10.0 Å². The molecule has 0 aliphatic rings. The molecule has 2 aromatic rings. The summed E-state index contributed by atoms with van der Waals surface area (Å²) < 4.78 is 27.9. The molecule has 3 nitrogen and oxygen atoms in total. The van der Waals surface area contributed by atoms with E-state index in [1.807, 2.05) is 6.92 Å². The van der Waals surface area contributed by atoms with Crippen LogP contribution < -0.4 is 4.72 Å². The molecule has 1 aromatic carbocycles. The van der Waals surface area contributed by atoms with Gasteiger partial charge < -0.3 is 0 Å². The van der Waals surface area contributed by atoms with Crippen molar-refractivity contribution < 1.29 is 8.42 Å². The van der Waals surface area contributed by atoms with Gasteiger partial charge in [0.05, 0.1) is 19.5 Å². The Bertz CT molecular complexity index is 689. The Labute approximate surface area is 133 Å². The second-order valence-electron chi connectivity index (χ2n) is 3.72. The number of hydrogen-bond acceptors (Lipinski definition) is 3. The van der Waals surface area contributed by atoms with Crippen molar-refractivity contribution in [2.45, 2.75) is 11.1 Å². The van der Waals surface area contributed by atoms with Crippen molar-refractivity contribution >= 4 is 66.2 Å². The molecule has 0 saturated heterocycles. The zero-order valence-corrected chi connectivity index (χ0v) is 14.3. The molecule has 0 bridgehead atoms. The van der Waals surface area contributed by atoms with Crippen molar-refractivity contribution in [2.24, 2.45) is 0 Å². The quantitative estimate of drug-likeness (QED) is 0.793. The molecule has 0 radical (unpaired) electrons. The fourth-order valence-electron chi connectivity index (χ4n) is 1.34. The molecule has 102 valence electrons. The first kappa shape index (κ1) is 15.1. The van der Waals surface area contributed by atoms with Gasteiger partial charge in [-0.1, -0.05) is 29.3 Å². The van der Waals surface area contributed by atoms with Gasteiger partial charge in [-0.25, -0.2) is 8.42 Å². The third kappa shape index (κ3) is 3.25. The predicted octanol–water partition coefficient (Wildman–Crippen LogP) is 4.93. The highest BCUT2D eigenvalue weighted by molar-refractivity contribution is 9.11. The Morgan fingerprint density at radius 2 is 1.84 bits per heavy atom. The van der Waals surface area contributed by atoms with Crippen LogP contribution in [0.3, 0.4) is 0 Å². The second-order valence-corrected chi connectivity index (χ2v) is 8.82. The van der Waals surface area contributed by atoms with Crippen LogP contribution in [0.5, 0.6) is 0 Å². The fourth-order valence-corrected chi connectivity index (χ4v) is 5.27. The minimum atomic E-state index is -3.69. The number of thiophene rings is 1. The van der Waals surface area contributed by atoms with Crippen molar-refractivity contribution in [3.63, 3.8) is 0 Å². The van der Waals surface area contributed by atoms with E-state index in [1.54, 1.807) is 24.3 Å². The van der Waals surface area contributed by atoms with Gasteiger partial charge in [0.1, 0.15) is 4.21 Å². The number of sulfonamides is 1. The maximum atomic E-state index is 12.2. The van der Waals surface area contributed by atoms with Crippen LogP contribution in [0.1, 0.15) is 5.56 Å². The van der Waals surface area contributed by atoms with E-state index in [4.69, 9.17) is 23.2 Å². The molecule has 0 aliphatic heterocycles. The van der Waals surface area contributed by atoms with Crippen LogP contribution in [-0.2, 0) is 10.0 Å². The molecule has 0 amide bonds. The Balaban J connectivity index is 2.42. The Morgan fingerprint density at radius 3 is 2.32 bits per heavy atom. The molecule has 0 fully saturated rings. The van der Waals surface area contributed by atoms with E-state index in [-0.39, 0.29) is 19.9 Å². The van der Waals surface area contributed by atoms with E-state index in [2.05, 4.69) is 20.7 Å². The van der Waals surface area contributed by atoms with Crippen molar-refractivity contribution in [2.75, 3.05) is 4.72 Å². The minimum absolute atomic E-state index is 0.188. The molecule has 0 saturated carbocycles. The number of hydrogen-bond donors (Lipinski definition) is 1. The molecule has 1 N–H and O–H groups in total. The number of benzene rings is 1. The highest BCUT2D eigenvalue weighted by Gasteiger charge is 2.20. The maximum absolute atomic E-state index is 12.2. The molecule has 1 aromatic heterocycles. The zero-order chi connectivity index (χ0) is 14.2. The van der Waals surface area contributed by atoms with E-state index < -0.39 is 10.0 Å². The summed E-state index contributed by atoms with van der Waals surface area (Å²) in [5, 5.41) is 0.506. The molecule has 0 spiro atoms. The Morgan fingerprint density at radius 1 is 1.26 bits per heavy atom. The second kappa shape index (κ2) is 5.61. The molecular formula is C11H8BrCl2NO2S2. The SMILES string of the molecule is Cc1cc(S(=O)(=O)Nc2c(Cl)cccc2Cl)sc1Br. The molecule has 8 heteroatoms. The monoisotopic (exact) mass is 399 g/mol. The first-order valence-corrected chi connectivity index (χ1v) is 8.89. The first-order valence-electron chi connectivity index (χ1n) is 5.04. The number of halogens is 3. The lowest BCUT2D eigenvalue weighted by Crippen LogP contribution is -2.12. The number of nitrogens with one attached hydrogen (secondary N) is 1. The lowest BCUT2D eigenvalue weighted by Gasteiger charge is -2.09. The van der Waals surface area contributed by atoms with Crippen LogP contribution in [0.4, 0.5) is 5.69 Å². The van der Waals surface area contributed by atoms with E-state index in [9.17, 15) is 8.42 Å². The fraction of sp³-hybridized carbons (Fsp3) is 0.0909. The number of aryl methyl sites for hydroxylation is 1. The van der Waals surface area contributed by atoms with Gasteiger partial charge in [-0.2, -0.15) is 0 Å². The summed E-state index contributed by atoms with van der Waals surface area (Å²) in [6.45, 7) is 1.82. The topological polar surface area (TPSA) is 46.2 Å². The predicted molar refractivity (Wildman–Crippen MR) is 84.0 cm³/mol. The summed E-state index contributed by atoms with van der Waals surface area (Å²) in [5.74, 6) is 0. The lowest BCUT2D eigenvalue weighted by atomic mass is 10.3. The summed E-state index contributed by atoms with van der Waals surface area (Å²) in [6, 6.07) is 6.37. The van der Waals surface area contributed by atoms with E-state index in [0.29, 0.717) is 0 Å². The average molecular weight is 401 g/mol. The molecule has 0 aliphatic carbocycles. The molecule has 0 atom stereocenters. The molecule has 1 heterocycles. The van der Waals surface area contributed by atoms with Crippen molar-refractivity contribution in [1.29, 1.82) is 0 Å². The normalized spacial score (nSPS) is 11.6. The molecule has 19 heavy (non-hydrogen) atoms. The van der Waals surface area contributed by atoms with Crippen LogP contribution >= 0.6 is 50.5 Å². The van der Waals surface area contributed by atoms with Crippen LogP contribution in [0, 0.1) is 6.92 Å². The molecule has 0 unspecified atom stereocenters. The zero-order valence-electron chi connectivity index (χ0n) is 9.58. The summed E-state index contributed by atoms with van der Waals surface area (Å²) >= 11 is 16.3. The number of para-hydroxylation sites is 1. The van der Waals surface area contributed by atoms with E-state index >= 15 is 0 Å². The van der Waals surface area contributed by atoms with Gasteiger partial charge in [0.25, 0.3) is 10.0 Å². The van der Waals surface area contributed by atoms with Gasteiger partial charge >= 0.3 is 0 Å². The molecular weight excluding hydrogens is 393 g/mol. The number of anilines is 1. The lowest BCUT2D eigenvalue weighted by molar-refractivity contribution is 0.603. The largest absolute Gasteiger partial charge is 0.276 e. The van der Waals surface area contributed by atoms with Gasteiger partial charge in [0, 0.05) is 0 Å². The summed E-state index contributed by atoms with van der Waals surface area (Å²) in [7, 11) is -3.69. The standard InChI is InChI=1S/C11H8BrCl2NO2S2/c1-6-5-9(18-11(6)12)19(16,17)15-10-7(13)3-2-4-8(10)14/h2-5,15H,1H3. The van der Waals surface area contributed by atoms with Gasteiger partial charge in [0.2, 0.25) is 0 Å². The first-order chi connectivity index (χ1) is 8.81. The van der Waals surface area contributed by atoms with Crippen molar-refractivity contribution in [1.82, 2.24) is 0 Å². The average Bonchev–Trinajstić information content (AvgIpc) is 2.66. The third-order valence-electron chi connectivity index (χ3n) is 2.30. The summed E-state index contributed by atoms with van der Waals surface area (Å²) in [4.78, 5) is 0. The van der Waals surface area contributed by atoms with Gasteiger partial charge in [0.15, 0.2) is 0 Å². The van der Waals surface area contributed by atoms with E-state index in [0.717, 1.165) is 20.7 Å². The highest BCUT2D eigenvalue weighted by Crippen LogP contribution is 2.35. The maximum Gasteiger partial charge on any atom is 0.271 e. The third-order valence-corrected chi connectivity index (χ3v) is 6.89. The summed E-state index contributed by atoms with van der Waals surface area (Å²) in [5.41, 5.74) is 1.05. The van der Waals surface area contributed by atoms with Gasteiger partial charge in [-0.15, -0.1) is 11.3 Å². The highest BCUT2D eigenvalue weighted by atomic mass is 79.9. The molecule has 2 rings (SSSR count). The van der Waals surface area contributed by atoms with Crippen LogP contribution in [0.15, 0.2) is 32.3 Å². The van der Waals surface area contributed by atoms with Crippen molar-refractivity contribution in [3.8, 4) is 0 Å². The van der Waals surface area contributed by atoms with Gasteiger partial charge in [-0.05, 0) is 46.6 Å². The minimum Gasteiger partial charge on any atom is -0.276 e. The van der Waals surface area contributed by atoms with Crippen LogP contribution in [-0.4, -0.2) is 8.42 Å². The summed E-state index contributed by atoms with van der Waals surface area (Å²) in [6.07, 6.45) is 0. The van der Waals surface area contributed by atoms with Crippen LogP contribution in [0.25, 0.3) is 0 Å². The van der Waals surface area contributed by atoms with Crippen molar-refractivity contribution in [3.05, 3.63) is 43.7 Å². The number of rotatable bonds is 3. The van der Waals surface area contributed by atoms with Gasteiger partial charge in [-0.3, -0.25) is 4.72 Å². The van der Waals surface area contributed by atoms with E-state index in [1.165, 1.54) is 0 Å². The Hall–Kier alpha value is -0.270. The Kier molecular flexibility index (Phi) is 4.47. The smallest absolute Gasteiger partial charge is 0.271 e.